The number of piperazine rings is 1. The van der Waals surface area contributed by atoms with Gasteiger partial charge in [-0.3, -0.25) is 19.6 Å². The summed E-state index contributed by atoms with van der Waals surface area (Å²) in [7, 11) is 0. The number of ketones is 1. The molecule has 0 N–H and O–H groups in total. The zero-order valence-corrected chi connectivity index (χ0v) is 19.9. The third-order valence-electron chi connectivity index (χ3n) is 6.11. The molecule has 170 valence electrons. The predicted octanol–water partition coefficient (Wildman–Crippen LogP) is 4.43. The van der Waals surface area contributed by atoms with Crippen LogP contribution in [-0.2, 0) is 22.4 Å². The van der Waals surface area contributed by atoms with Gasteiger partial charge in [0.05, 0.1) is 16.8 Å². The Bertz CT molecular complexity index is 1030. The molecule has 1 saturated heterocycles. The highest BCUT2D eigenvalue weighted by atomic mass is 35.5. The Morgan fingerprint density at radius 2 is 1.84 bits per heavy atom. The molecule has 1 amide bonds. The predicted molar refractivity (Wildman–Crippen MR) is 124 cm³/mol. The highest BCUT2D eigenvalue weighted by Gasteiger charge is 2.40. The molecule has 0 radical (unpaired) electrons. The molecule has 0 bridgehead atoms. The van der Waals surface area contributed by atoms with E-state index in [0.29, 0.717) is 24.7 Å². The molecule has 2 atom stereocenters. The summed E-state index contributed by atoms with van der Waals surface area (Å²) in [6.45, 7) is 8.50. The first-order valence-corrected chi connectivity index (χ1v) is 11.5. The van der Waals surface area contributed by atoms with Crippen LogP contribution in [0.3, 0.4) is 0 Å². The minimum absolute atomic E-state index is 0.0493. The van der Waals surface area contributed by atoms with Crippen LogP contribution in [0.2, 0.25) is 5.02 Å². The highest BCUT2D eigenvalue weighted by molar-refractivity contribution is 6.30. The molecule has 1 aliphatic heterocycles. The second kappa shape index (κ2) is 8.83. The van der Waals surface area contributed by atoms with Gasteiger partial charge in [0.2, 0.25) is 0 Å². The van der Waals surface area contributed by atoms with Crippen LogP contribution in [0.4, 0.5) is 4.79 Å². The molecular weight excluding hydrogens is 426 g/mol. The smallest absolute Gasteiger partial charge is 0.410 e. The number of hydrogen-bond donors (Lipinski definition) is 0. The van der Waals surface area contributed by atoms with E-state index in [1.54, 1.807) is 18.0 Å². The average molecular weight is 456 g/mol. The third-order valence-corrected chi connectivity index (χ3v) is 6.32. The number of aryl methyl sites for hydroxylation is 2. The van der Waals surface area contributed by atoms with Crippen LogP contribution in [0.1, 0.15) is 56.1 Å². The number of ether oxygens (including phenoxy) is 1. The van der Waals surface area contributed by atoms with Crippen molar-refractivity contribution in [3.05, 3.63) is 63.9 Å². The van der Waals surface area contributed by atoms with Crippen LogP contribution in [0.15, 0.2) is 36.5 Å². The zero-order chi connectivity index (χ0) is 23.0. The molecule has 1 fully saturated rings. The van der Waals surface area contributed by atoms with Gasteiger partial charge >= 0.3 is 6.09 Å². The van der Waals surface area contributed by atoms with Crippen molar-refractivity contribution < 1.29 is 14.3 Å². The molecule has 7 heteroatoms. The van der Waals surface area contributed by atoms with Gasteiger partial charge in [-0.25, -0.2) is 4.79 Å². The van der Waals surface area contributed by atoms with E-state index in [0.717, 1.165) is 24.1 Å². The summed E-state index contributed by atoms with van der Waals surface area (Å²) in [6, 6.07) is 9.76. The van der Waals surface area contributed by atoms with E-state index < -0.39 is 17.7 Å². The number of aromatic nitrogens is 1. The molecule has 1 aromatic carbocycles. The molecule has 2 heterocycles. The van der Waals surface area contributed by atoms with Crippen molar-refractivity contribution in [3.63, 3.8) is 0 Å². The fourth-order valence-corrected chi connectivity index (χ4v) is 4.86. The first-order valence-electron chi connectivity index (χ1n) is 11.1. The third kappa shape index (κ3) is 4.66. The Balaban J connectivity index is 1.70. The number of benzene rings is 1. The fraction of sp³-hybridized carbons (Fsp3) is 0.480. The van der Waals surface area contributed by atoms with E-state index >= 15 is 0 Å². The van der Waals surface area contributed by atoms with Gasteiger partial charge < -0.3 is 4.74 Å². The summed E-state index contributed by atoms with van der Waals surface area (Å²) in [4.78, 5) is 34.0. The second-order valence-corrected chi connectivity index (χ2v) is 10.0. The van der Waals surface area contributed by atoms with Crippen molar-refractivity contribution in [1.82, 2.24) is 14.8 Å². The normalized spacial score (nSPS) is 21.3. The molecular formula is C25H30ClN3O3. The lowest BCUT2D eigenvalue weighted by atomic mass is 9.95. The minimum Gasteiger partial charge on any atom is -0.444 e. The summed E-state index contributed by atoms with van der Waals surface area (Å²) < 4.78 is 5.57. The van der Waals surface area contributed by atoms with Crippen molar-refractivity contribution in [2.24, 2.45) is 0 Å². The number of pyridine rings is 1. The lowest BCUT2D eigenvalue weighted by molar-refractivity contribution is -0.124. The number of rotatable bonds is 2. The van der Waals surface area contributed by atoms with Crippen LogP contribution in [-0.4, -0.2) is 57.9 Å². The van der Waals surface area contributed by atoms with Gasteiger partial charge in [0.25, 0.3) is 0 Å². The van der Waals surface area contributed by atoms with Crippen LogP contribution in [0.25, 0.3) is 0 Å². The standard InChI is InChI=1S/C25H30ClN3O3/c1-16(30)21-15-28(11-12-29(21)24(31)32-25(2,3)4)23-20-8-6-5-7-17(20)9-10-18-13-19(26)14-27-22(18)23/h5-8,13-14,21,23H,9-12,15H2,1-4H3/t21-,23?/m1/s1. The molecule has 1 aliphatic carbocycles. The van der Waals surface area contributed by atoms with Crippen molar-refractivity contribution in [3.8, 4) is 0 Å². The summed E-state index contributed by atoms with van der Waals surface area (Å²) in [5.41, 5.74) is 3.98. The van der Waals surface area contributed by atoms with Crippen LogP contribution in [0.5, 0.6) is 0 Å². The molecule has 4 rings (SSSR count). The SMILES string of the molecule is CC(=O)[C@H]1CN(C2c3ccccc3CCc3cc(Cl)cnc32)CCN1C(=O)OC(C)(C)C. The summed E-state index contributed by atoms with van der Waals surface area (Å²) in [6.07, 6.45) is 3.03. The maximum Gasteiger partial charge on any atom is 0.410 e. The molecule has 2 aliphatic rings. The number of hydrogen-bond acceptors (Lipinski definition) is 5. The topological polar surface area (TPSA) is 62.7 Å². The zero-order valence-electron chi connectivity index (χ0n) is 19.1. The van der Waals surface area contributed by atoms with E-state index in [2.05, 4.69) is 23.1 Å². The summed E-state index contributed by atoms with van der Waals surface area (Å²) >= 11 is 6.27. The van der Waals surface area contributed by atoms with Gasteiger partial charge in [0.15, 0.2) is 5.78 Å². The number of fused-ring (bicyclic) bond motifs is 2. The largest absolute Gasteiger partial charge is 0.444 e. The van der Waals surface area contributed by atoms with E-state index in [1.807, 2.05) is 32.9 Å². The van der Waals surface area contributed by atoms with Crippen molar-refractivity contribution in [1.29, 1.82) is 0 Å². The lowest BCUT2D eigenvalue weighted by Gasteiger charge is -2.43. The van der Waals surface area contributed by atoms with E-state index in [9.17, 15) is 9.59 Å². The van der Waals surface area contributed by atoms with Crippen LogP contribution in [0, 0.1) is 0 Å². The fourth-order valence-electron chi connectivity index (χ4n) is 4.68. The van der Waals surface area contributed by atoms with Crippen LogP contribution >= 0.6 is 11.6 Å². The second-order valence-electron chi connectivity index (χ2n) is 9.59. The van der Waals surface area contributed by atoms with Crippen LogP contribution < -0.4 is 0 Å². The lowest BCUT2D eigenvalue weighted by Crippen LogP contribution is -2.59. The number of carbonyl (C=O) groups excluding carboxylic acids is 2. The van der Waals surface area contributed by atoms with Crippen molar-refractivity contribution in [2.45, 2.75) is 58.2 Å². The molecule has 1 unspecified atom stereocenters. The number of nitrogens with zero attached hydrogens (tertiary/aromatic N) is 3. The average Bonchev–Trinajstić information content (AvgIpc) is 2.88. The summed E-state index contributed by atoms with van der Waals surface area (Å²) in [5.74, 6) is -0.0493. The molecule has 0 saturated carbocycles. The first-order chi connectivity index (χ1) is 15.1. The number of halogens is 1. The van der Waals surface area contributed by atoms with Gasteiger partial charge in [-0.05, 0) is 63.3 Å². The number of carbonyl (C=O) groups is 2. The maximum absolute atomic E-state index is 12.8. The summed E-state index contributed by atoms with van der Waals surface area (Å²) in [5, 5.41) is 0.629. The minimum atomic E-state index is -0.613. The molecule has 2 aromatic rings. The Kier molecular flexibility index (Phi) is 6.28. The Hall–Kier alpha value is -2.44. The van der Waals surface area contributed by atoms with Crippen molar-refractivity contribution in [2.75, 3.05) is 19.6 Å². The van der Waals surface area contributed by atoms with Gasteiger partial charge in [0, 0.05) is 25.8 Å². The van der Waals surface area contributed by atoms with Gasteiger partial charge in [-0.2, -0.15) is 0 Å². The molecule has 0 spiro atoms. The number of Topliss-reactive ketones (excluding diaryl/α,β-unsaturated/α-hetero) is 1. The van der Waals surface area contributed by atoms with Crippen molar-refractivity contribution >= 4 is 23.5 Å². The Morgan fingerprint density at radius 1 is 1.12 bits per heavy atom. The van der Waals surface area contributed by atoms with Gasteiger partial charge in [-0.15, -0.1) is 0 Å². The van der Waals surface area contributed by atoms with E-state index in [1.165, 1.54) is 11.1 Å². The quantitative estimate of drug-likeness (QED) is 0.670. The molecule has 32 heavy (non-hydrogen) atoms. The Labute approximate surface area is 194 Å². The van der Waals surface area contributed by atoms with Gasteiger partial charge in [-0.1, -0.05) is 35.9 Å². The monoisotopic (exact) mass is 455 g/mol. The van der Waals surface area contributed by atoms with E-state index in [4.69, 9.17) is 21.3 Å². The van der Waals surface area contributed by atoms with Gasteiger partial charge in [0.1, 0.15) is 11.6 Å². The van der Waals surface area contributed by atoms with E-state index in [-0.39, 0.29) is 11.8 Å². The number of amides is 1. The highest BCUT2D eigenvalue weighted by Crippen LogP contribution is 2.37. The maximum atomic E-state index is 12.8. The molecule has 6 nitrogen and oxygen atoms in total. The Morgan fingerprint density at radius 3 is 2.56 bits per heavy atom. The molecule has 1 aromatic heterocycles. The first kappa shape index (κ1) is 22.7.